The number of fused-ring (bicyclic) bond motifs is 2. The van der Waals surface area contributed by atoms with Gasteiger partial charge < -0.3 is 5.32 Å². The molecule has 0 aromatic rings. The number of halogens is 1. The van der Waals surface area contributed by atoms with Crippen LogP contribution in [0.25, 0.3) is 0 Å². The Morgan fingerprint density at radius 2 is 2.40 bits per heavy atom. The van der Waals surface area contributed by atoms with Gasteiger partial charge in [-0.15, -0.1) is 0 Å². The van der Waals surface area contributed by atoms with Crippen LogP contribution in [0.5, 0.6) is 0 Å². The summed E-state index contributed by atoms with van der Waals surface area (Å²) in [4.78, 5) is 10.9. The van der Waals surface area contributed by atoms with Gasteiger partial charge in [0.05, 0.1) is 6.04 Å². The van der Waals surface area contributed by atoms with Gasteiger partial charge in [0.25, 0.3) is 0 Å². The molecule has 4 atom stereocenters. The van der Waals surface area contributed by atoms with Crippen LogP contribution < -0.4 is 5.32 Å². The number of carbonyl (C=O) groups excluding carboxylic acids is 1. The van der Waals surface area contributed by atoms with E-state index in [0.29, 0.717) is 6.42 Å². The fourth-order valence-corrected chi connectivity index (χ4v) is 2.02. The van der Waals surface area contributed by atoms with Crippen LogP contribution in [0.15, 0.2) is 0 Å². The molecule has 2 fully saturated rings. The van der Waals surface area contributed by atoms with Gasteiger partial charge in [-0.05, 0) is 12.3 Å². The predicted octanol–water partition coefficient (Wildman–Crippen LogP) is 0.479. The minimum Gasteiger partial charge on any atom is -0.350 e. The zero-order valence-corrected chi connectivity index (χ0v) is 5.80. The third-order valence-corrected chi connectivity index (χ3v) is 2.72. The lowest BCUT2D eigenvalue weighted by Crippen LogP contribution is -2.38. The molecule has 0 radical (unpaired) electrons. The van der Waals surface area contributed by atoms with Gasteiger partial charge in [0.2, 0.25) is 5.91 Å². The van der Waals surface area contributed by atoms with Crippen LogP contribution in [0.4, 0.5) is 4.39 Å². The van der Waals surface area contributed by atoms with E-state index < -0.39 is 6.17 Å². The highest BCUT2D eigenvalue weighted by Gasteiger charge is 2.51. The summed E-state index contributed by atoms with van der Waals surface area (Å²) in [5.74, 6) is 0.217. The van der Waals surface area contributed by atoms with Gasteiger partial charge in [-0.2, -0.15) is 0 Å². The molecule has 1 aliphatic heterocycles. The molecular formula is C7H10FNO. The fraction of sp³-hybridized carbons (Fsp3) is 0.857. The van der Waals surface area contributed by atoms with Gasteiger partial charge >= 0.3 is 0 Å². The van der Waals surface area contributed by atoms with E-state index in [-0.39, 0.29) is 23.8 Å². The van der Waals surface area contributed by atoms with Crippen molar-refractivity contribution in [1.82, 2.24) is 5.32 Å². The number of rotatable bonds is 0. The van der Waals surface area contributed by atoms with E-state index in [1.807, 2.05) is 6.92 Å². The minimum atomic E-state index is -0.794. The maximum Gasteiger partial charge on any atom is 0.223 e. The van der Waals surface area contributed by atoms with Crippen LogP contribution in [0.3, 0.4) is 0 Å². The van der Waals surface area contributed by atoms with E-state index >= 15 is 0 Å². The van der Waals surface area contributed by atoms with E-state index in [1.165, 1.54) is 0 Å². The number of nitrogens with one attached hydrogen (secondary N) is 1. The van der Waals surface area contributed by atoms with Crippen molar-refractivity contribution in [3.63, 3.8) is 0 Å². The number of hydrogen-bond donors (Lipinski definition) is 1. The first kappa shape index (κ1) is 6.13. The molecule has 1 saturated carbocycles. The van der Waals surface area contributed by atoms with Crippen molar-refractivity contribution < 1.29 is 9.18 Å². The Morgan fingerprint density at radius 1 is 1.70 bits per heavy atom. The number of carbonyl (C=O) groups is 1. The lowest BCUT2D eigenvalue weighted by Gasteiger charge is -2.14. The summed E-state index contributed by atoms with van der Waals surface area (Å²) in [6, 6.07) is -0.183. The summed E-state index contributed by atoms with van der Waals surface area (Å²) in [5.41, 5.74) is 0. The van der Waals surface area contributed by atoms with Gasteiger partial charge in [0.15, 0.2) is 0 Å². The lowest BCUT2D eigenvalue weighted by molar-refractivity contribution is -0.124. The van der Waals surface area contributed by atoms with Crippen LogP contribution >= 0.6 is 0 Å². The molecule has 0 aromatic carbocycles. The largest absolute Gasteiger partial charge is 0.350 e. The maximum absolute atomic E-state index is 12.8. The van der Waals surface area contributed by atoms with E-state index in [0.717, 1.165) is 0 Å². The molecule has 1 aliphatic carbocycles. The van der Waals surface area contributed by atoms with Crippen LogP contribution in [0, 0.1) is 11.8 Å². The summed E-state index contributed by atoms with van der Waals surface area (Å²) in [7, 11) is 0. The summed E-state index contributed by atoms with van der Waals surface area (Å²) in [6.07, 6.45) is -0.352. The second-order valence-corrected chi connectivity index (χ2v) is 3.25. The second-order valence-electron chi connectivity index (χ2n) is 3.25. The van der Waals surface area contributed by atoms with E-state index in [2.05, 4.69) is 5.32 Å². The molecule has 4 unspecified atom stereocenters. The Balaban J connectivity index is 2.25. The standard InChI is InChI=1S/C7H10FNO/c1-3-4-2-5(8)6(3)9-7(4)10/h3-6H,2H2,1H3,(H,9,10). The molecular weight excluding hydrogens is 133 g/mol. The average Bonchev–Trinajstić information content (AvgIpc) is 2.26. The summed E-state index contributed by atoms with van der Waals surface area (Å²) >= 11 is 0. The molecule has 0 aromatic heterocycles. The number of amides is 1. The van der Waals surface area contributed by atoms with Crippen molar-refractivity contribution in [3.05, 3.63) is 0 Å². The summed E-state index contributed by atoms with van der Waals surface area (Å²) in [5, 5.41) is 2.64. The lowest BCUT2D eigenvalue weighted by atomic mass is 10.0. The highest BCUT2D eigenvalue weighted by Crippen LogP contribution is 2.39. The Kier molecular flexibility index (Phi) is 1.05. The number of alkyl halides is 1. The van der Waals surface area contributed by atoms with Gasteiger partial charge in [-0.1, -0.05) is 6.92 Å². The monoisotopic (exact) mass is 143 g/mol. The molecule has 2 nitrogen and oxygen atoms in total. The van der Waals surface area contributed by atoms with Gasteiger partial charge in [-0.3, -0.25) is 4.79 Å². The molecule has 2 bridgehead atoms. The quantitative estimate of drug-likeness (QED) is 0.525. The number of piperidine rings is 1. The fourth-order valence-electron chi connectivity index (χ4n) is 2.02. The van der Waals surface area contributed by atoms with Crippen molar-refractivity contribution in [2.24, 2.45) is 11.8 Å². The van der Waals surface area contributed by atoms with E-state index in [1.54, 1.807) is 0 Å². The highest BCUT2D eigenvalue weighted by molar-refractivity contribution is 5.83. The van der Waals surface area contributed by atoms with Crippen LogP contribution in [0.2, 0.25) is 0 Å². The van der Waals surface area contributed by atoms with E-state index in [4.69, 9.17) is 0 Å². The van der Waals surface area contributed by atoms with Gasteiger partial charge in [-0.25, -0.2) is 4.39 Å². The first-order valence-electron chi connectivity index (χ1n) is 3.64. The average molecular weight is 143 g/mol. The molecule has 2 aliphatic rings. The zero-order chi connectivity index (χ0) is 7.30. The Labute approximate surface area is 58.8 Å². The molecule has 2 rings (SSSR count). The van der Waals surface area contributed by atoms with Gasteiger partial charge in [0, 0.05) is 5.92 Å². The van der Waals surface area contributed by atoms with Crippen molar-refractivity contribution >= 4 is 5.91 Å². The minimum absolute atomic E-state index is 0.0417. The first-order valence-corrected chi connectivity index (χ1v) is 3.64. The van der Waals surface area contributed by atoms with Crippen molar-refractivity contribution in [2.45, 2.75) is 25.6 Å². The second kappa shape index (κ2) is 1.71. The summed E-state index contributed by atoms with van der Waals surface area (Å²) < 4.78 is 12.8. The Hall–Kier alpha value is -0.600. The van der Waals surface area contributed by atoms with Gasteiger partial charge in [0.1, 0.15) is 6.17 Å². The Morgan fingerprint density at radius 3 is 2.70 bits per heavy atom. The SMILES string of the molecule is CC1C2CC(F)C1NC2=O. The molecule has 56 valence electrons. The summed E-state index contributed by atoms with van der Waals surface area (Å²) in [6.45, 7) is 1.94. The van der Waals surface area contributed by atoms with E-state index in [9.17, 15) is 9.18 Å². The van der Waals surface area contributed by atoms with Crippen molar-refractivity contribution in [3.8, 4) is 0 Å². The molecule has 1 N–H and O–H groups in total. The van der Waals surface area contributed by atoms with Crippen LogP contribution in [-0.4, -0.2) is 18.1 Å². The van der Waals surface area contributed by atoms with Crippen LogP contribution in [-0.2, 0) is 4.79 Å². The molecule has 0 spiro atoms. The topological polar surface area (TPSA) is 29.1 Å². The Bertz CT molecular complexity index is 182. The maximum atomic E-state index is 12.8. The highest BCUT2D eigenvalue weighted by atomic mass is 19.1. The molecule has 1 heterocycles. The predicted molar refractivity (Wildman–Crippen MR) is 34.1 cm³/mol. The zero-order valence-electron chi connectivity index (χ0n) is 5.80. The smallest absolute Gasteiger partial charge is 0.223 e. The molecule has 1 amide bonds. The molecule has 3 heteroatoms. The number of hydrogen-bond acceptors (Lipinski definition) is 1. The van der Waals surface area contributed by atoms with Crippen molar-refractivity contribution in [1.29, 1.82) is 0 Å². The van der Waals surface area contributed by atoms with Crippen molar-refractivity contribution in [2.75, 3.05) is 0 Å². The third-order valence-electron chi connectivity index (χ3n) is 2.72. The van der Waals surface area contributed by atoms with Crippen LogP contribution in [0.1, 0.15) is 13.3 Å². The molecule has 10 heavy (non-hydrogen) atoms. The first-order chi connectivity index (χ1) is 4.70. The normalized spacial score (nSPS) is 51.6. The molecule has 1 saturated heterocycles. The third kappa shape index (κ3) is 0.554.